The molecule has 27 heavy (non-hydrogen) atoms. The molecule has 0 amide bonds. The van der Waals surface area contributed by atoms with Crippen molar-refractivity contribution in [2.45, 2.75) is 79.6 Å². The van der Waals surface area contributed by atoms with Crippen molar-refractivity contribution in [1.29, 1.82) is 0 Å². The molecule has 0 aliphatic heterocycles. The fourth-order valence-corrected chi connectivity index (χ4v) is 8.95. The highest BCUT2D eigenvalue weighted by Gasteiger charge is 2.61. The lowest BCUT2D eigenvalue weighted by atomic mass is 9.46. The van der Waals surface area contributed by atoms with Gasteiger partial charge in [0, 0.05) is 13.8 Å². The number of allylic oxidation sites excluding steroid dienone is 4. The molecule has 3 fully saturated rings. The zero-order chi connectivity index (χ0) is 19.1. The van der Waals surface area contributed by atoms with Gasteiger partial charge < -0.3 is 0 Å². The van der Waals surface area contributed by atoms with Crippen molar-refractivity contribution < 1.29 is 6.22 Å². The second kappa shape index (κ2) is 5.83. The lowest BCUT2D eigenvalue weighted by Gasteiger charge is -2.59. The number of ketones is 1. The summed E-state index contributed by atoms with van der Waals surface area (Å²) in [6.07, 6.45) is 14.0. The van der Waals surface area contributed by atoms with E-state index >= 15 is 0 Å². The van der Waals surface area contributed by atoms with Crippen LogP contribution in [-0.2, 0) is 4.79 Å². The van der Waals surface area contributed by atoms with Crippen LogP contribution in [0.1, 0.15) is 81.0 Å². The summed E-state index contributed by atoms with van der Waals surface area (Å²) in [5.74, 6) is 4.55. The van der Waals surface area contributed by atoms with E-state index < -0.39 is 0 Å². The van der Waals surface area contributed by atoms with Crippen LogP contribution < -0.4 is 0 Å². The lowest BCUT2D eigenvalue weighted by molar-refractivity contribution is -0.128. The van der Waals surface area contributed by atoms with Crippen LogP contribution in [-0.4, -0.2) is 5.78 Å². The van der Waals surface area contributed by atoms with Gasteiger partial charge >= 0.3 is 0 Å². The van der Waals surface area contributed by atoms with Gasteiger partial charge in [-0.2, -0.15) is 0 Å². The number of fused-ring (bicyclic) bond motifs is 5. The van der Waals surface area contributed by atoms with Crippen molar-refractivity contribution >= 4 is 5.78 Å². The third-order valence-electron chi connectivity index (χ3n) is 10.1. The monoisotopic (exact) mass is 367 g/mol. The topological polar surface area (TPSA) is 17.1 Å². The molecule has 3 unspecified atom stereocenters. The number of carbonyl (C=O) groups is 1. The number of rotatable bonds is 2. The smallest absolute Gasteiger partial charge is 0.133 e. The fourth-order valence-electron chi connectivity index (χ4n) is 8.95. The molecule has 0 N–H and O–H groups in total. The molecule has 5 rings (SSSR count). The highest BCUT2D eigenvalue weighted by Crippen LogP contribution is 2.68. The van der Waals surface area contributed by atoms with Crippen LogP contribution in [0.5, 0.6) is 0 Å². The predicted molar refractivity (Wildman–Crippen MR) is 113 cm³/mol. The van der Waals surface area contributed by atoms with Crippen LogP contribution in [0.3, 0.4) is 0 Å². The maximum atomic E-state index is 12.5. The van der Waals surface area contributed by atoms with Crippen LogP contribution in [0.15, 0.2) is 22.8 Å². The van der Waals surface area contributed by atoms with E-state index in [-0.39, 0.29) is 6.84 Å². The Kier molecular flexibility index (Phi) is 3.93. The summed E-state index contributed by atoms with van der Waals surface area (Å²) >= 11 is 0. The number of hydrogen-bond acceptors (Lipinski definition) is 1. The predicted octanol–water partition coefficient (Wildman–Crippen LogP) is 6.80. The molecule has 0 aromatic heterocycles. The minimum atomic E-state index is 0. The van der Waals surface area contributed by atoms with Crippen molar-refractivity contribution in [2.75, 3.05) is 0 Å². The van der Waals surface area contributed by atoms with Crippen molar-refractivity contribution in [3.8, 4) is 0 Å². The van der Waals surface area contributed by atoms with Crippen molar-refractivity contribution in [2.24, 2.45) is 46.3 Å². The summed E-state index contributed by atoms with van der Waals surface area (Å²) in [5.41, 5.74) is 5.86. The first kappa shape index (κ1) is 18.2. The second-order valence-electron chi connectivity index (χ2n) is 11.4. The maximum absolute atomic E-state index is 12.5. The third kappa shape index (κ3) is 2.45. The molecule has 5 aliphatic rings. The highest BCUT2D eigenvalue weighted by molar-refractivity contribution is 5.80. The normalized spacial score (nSPS) is 51.2. The Morgan fingerprint density at radius 1 is 1.15 bits per heavy atom. The molecule has 0 aromatic rings. The van der Waals surface area contributed by atoms with Crippen LogP contribution in [0, 0.1) is 52.8 Å². The molecule has 0 spiro atoms. The second-order valence-corrected chi connectivity index (χ2v) is 11.4. The van der Waals surface area contributed by atoms with E-state index in [2.05, 4.69) is 40.2 Å². The lowest BCUT2D eigenvalue weighted by Crippen LogP contribution is -2.51. The molecule has 1 radical (unpaired) electrons. The molecule has 0 saturated heterocycles. The minimum absolute atomic E-state index is 0. The van der Waals surface area contributed by atoms with E-state index in [4.69, 9.17) is 0 Å². The Morgan fingerprint density at radius 2 is 1.89 bits per heavy atom. The number of Topliss-reactive ketones (excluding diaryl/α,β-unsaturated/α-hetero) is 1. The van der Waals surface area contributed by atoms with Gasteiger partial charge in [0.25, 0.3) is 0 Å². The van der Waals surface area contributed by atoms with E-state index in [9.17, 15) is 4.79 Å². The summed E-state index contributed by atoms with van der Waals surface area (Å²) in [6.45, 7) is 11.8. The van der Waals surface area contributed by atoms with Crippen molar-refractivity contribution in [3.05, 3.63) is 29.2 Å². The van der Waals surface area contributed by atoms with Gasteiger partial charge in [0.2, 0.25) is 0 Å². The van der Waals surface area contributed by atoms with E-state index in [1.807, 2.05) is 12.5 Å². The van der Waals surface area contributed by atoms with Crippen LogP contribution in [0.25, 0.3) is 0 Å². The zero-order valence-electron chi connectivity index (χ0n) is 18.0. The van der Waals surface area contributed by atoms with Gasteiger partial charge in [0.1, 0.15) is 5.78 Å². The first-order valence-electron chi connectivity index (χ1n) is 11.5. The molecular weight excluding hydrogens is 328 g/mol. The highest BCUT2D eigenvalue weighted by atomic mass is 16.1. The average Bonchev–Trinajstić information content (AvgIpc) is 3.38. The largest absolute Gasteiger partial charge is 0.300 e. The number of carbonyl (C=O) groups excluding carboxylic acids is 1. The van der Waals surface area contributed by atoms with E-state index in [0.717, 1.165) is 23.7 Å². The van der Waals surface area contributed by atoms with E-state index in [1.165, 1.54) is 44.9 Å². The molecular formula is C26H39O. The van der Waals surface area contributed by atoms with Crippen molar-refractivity contribution in [3.63, 3.8) is 0 Å². The Labute approximate surface area is 167 Å². The maximum Gasteiger partial charge on any atom is 0.133 e. The van der Waals surface area contributed by atoms with Crippen molar-refractivity contribution in [1.82, 2.24) is 0 Å². The first-order valence-corrected chi connectivity index (χ1v) is 11.5. The summed E-state index contributed by atoms with van der Waals surface area (Å²) in [7, 11) is 0. The van der Waals surface area contributed by atoms with Crippen LogP contribution in [0.4, 0.5) is 0 Å². The van der Waals surface area contributed by atoms with Gasteiger partial charge in [-0.1, -0.05) is 43.6 Å². The fraction of sp³-hybridized carbons (Fsp3) is 0.769. The van der Waals surface area contributed by atoms with Crippen LogP contribution in [0.2, 0.25) is 0 Å². The Morgan fingerprint density at radius 3 is 2.56 bits per heavy atom. The molecule has 1 nitrogen and oxygen atoms in total. The molecule has 5 aliphatic carbocycles. The van der Waals surface area contributed by atoms with Gasteiger partial charge in [0.05, 0.1) is 0 Å². The summed E-state index contributed by atoms with van der Waals surface area (Å²) in [6, 6.07) is 0. The molecule has 0 aromatic carbocycles. The van der Waals surface area contributed by atoms with Gasteiger partial charge in [-0.15, -0.1) is 0 Å². The quantitative estimate of drug-likeness (QED) is 0.491. The van der Waals surface area contributed by atoms with Gasteiger partial charge in [-0.3, -0.25) is 4.79 Å². The van der Waals surface area contributed by atoms with Gasteiger partial charge in [-0.05, 0) is 99.2 Å². The van der Waals surface area contributed by atoms with E-state index in [0.29, 0.717) is 23.0 Å². The first-order chi connectivity index (χ1) is 12.8. The Balaban J connectivity index is 0.00000192. The average molecular weight is 368 g/mol. The van der Waals surface area contributed by atoms with Gasteiger partial charge in [0.15, 0.2) is 0 Å². The molecule has 3 saturated carbocycles. The molecule has 0 heterocycles. The molecule has 149 valence electrons. The minimum Gasteiger partial charge on any atom is -0.300 e. The Hall–Kier alpha value is -0.850. The number of hydrogen-bond donors (Lipinski definition) is 0. The molecule has 1 heteroatoms. The summed E-state index contributed by atoms with van der Waals surface area (Å²) in [5, 5.41) is 0. The summed E-state index contributed by atoms with van der Waals surface area (Å²) < 4.78 is 0. The van der Waals surface area contributed by atoms with E-state index in [1.54, 1.807) is 11.1 Å². The molecule has 8 atom stereocenters. The summed E-state index contributed by atoms with van der Waals surface area (Å²) in [4.78, 5) is 12.5. The van der Waals surface area contributed by atoms with Gasteiger partial charge in [-0.25, -0.2) is 0 Å². The third-order valence-corrected chi connectivity index (χ3v) is 10.1. The standard InChI is InChI=1S/C26H37O.H2/c1-15-12-20-21(25(4)10-8-19(14-22(15)25)18-6-7-18)9-11-26(5)23(20)13-16(2)24(26)17(3)27;/h6-7,16,19-21,23-24H,8-14H2,1-5H3;1H/t16-,19+,20?,21?,23?,24-,25-,26+;/m1./s1. The zero-order valence-corrected chi connectivity index (χ0v) is 18.0. The molecule has 0 bridgehead atoms. The SMILES string of the molecule is CC(=O)[C@H]1[C@H](C)CC2C3CC(C)=C4C[C@@H](C5=C[CH]5)CC[C@]4(C)C3CC[C@@]21C.[HH]. The Bertz CT molecular complexity index is 748. The van der Waals surface area contributed by atoms with Crippen LogP contribution >= 0.6 is 0 Å².